The number of hydrogen-bond donors (Lipinski definition) is 2. The third-order valence-corrected chi connectivity index (χ3v) is 2.30. The summed E-state index contributed by atoms with van der Waals surface area (Å²) in [6.45, 7) is 2.95. The monoisotopic (exact) mass is 242 g/mol. The molecule has 1 atom stereocenters. The van der Waals surface area contributed by atoms with Gasteiger partial charge in [-0.1, -0.05) is 15.9 Å². The van der Waals surface area contributed by atoms with E-state index in [0.29, 0.717) is 0 Å². The highest BCUT2D eigenvalue weighted by Gasteiger charge is 1.94. The Hall–Kier alpha value is -0.540. The molecule has 1 rings (SSSR count). The molecule has 0 aliphatic carbocycles. The maximum Gasteiger partial charge on any atom is 0.0340 e. The third-order valence-electron chi connectivity index (χ3n) is 1.77. The maximum absolute atomic E-state index is 5.63. The van der Waals surface area contributed by atoms with Crippen LogP contribution in [0.15, 0.2) is 28.7 Å². The van der Waals surface area contributed by atoms with Crippen LogP contribution in [-0.2, 0) is 0 Å². The van der Waals surface area contributed by atoms with Crippen molar-refractivity contribution in [3.8, 4) is 0 Å². The molecule has 0 saturated carbocycles. The van der Waals surface area contributed by atoms with Crippen molar-refractivity contribution in [1.82, 2.24) is 0 Å². The number of benzene rings is 1. The Kier molecular flexibility index (Phi) is 4.25. The molecule has 0 saturated heterocycles. The predicted octanol–water partition coefficient (Wildman–Crippen LogP) is 2.60. The average Bonchev–Trinajstić information content (AvgIpc) is 2.08. The first-order valence-corrected chi connectivity index (χ1v) is 5.23. The van der Waals surface area contributed by atoms with Crippen molar-refractivity contribution in [2.45, 2.75) is 19.4 Å². The van der Waals surface area contributed by atoms with Crippen molar-refractivity contribution in [2.24, 2.45) is 5.73 Å². The molecule has 2 nitrogen and oxygen atoms in total. The second-order valence-electron chi connectivity index (χ2n) is 3.20. The zero-order valence-electron chi connectivity index (χ0n) is 7.76. The van der Waals surface area contributed by atoms with E-state index in [9.17, 15) is 0 Å². The van der Waals surface area contributed by atoms with Gasteiger partial charge in [0.05, 0.1) is 0 Å². The number of anilines is 1. The van der Waals surface area contributed by atoms with E-state index < -0.39 is 0 Å². The van der Waals surface area contributed by atoms with Gasteiger partial charge in [0.1, 0.15) is 0 Å². The SMILES string of the molecule is CC(N)CCNc1ccc(Br)cc1. The minimum atomic E-state index is 0.267. The standard InChI is InChI=1S/C10H15BrN2/c1-8(12)6-7-13-10-4-2-9(11)3-5-10/h2-5,8,13H,6-7,12H2,1H3. The van der Waals surface area contributed by atoms with Crippen LogP contribution in [0.3, 0.4) is 0 Å². The van der Waals surface area contributed by atoms with Crippen molar-refractivity contribution in [3.63, 3.8) is 0 Å². The Bertz CT molecular complexity index is 244. The molecule has 0 spiro atoms. The maximum atomic E-state index is 5.63. The Morgan fingerprint density at radius 1 is 1.38 bits per heavy atom. The van der Waals surface area contributed by atoms with E-state index in [0.717, 1.165) is 23.1 Å². The van der Waals surface area contributed by atoms with Crippen LogP contribution in [0.4, 0.5) is 5.69 Å². The topological polar surface area (TPSA) is 38.0 Å². The molecule has 0 aromatic heterocycles. The zero-order chi connectivity index (χ0) is 9.68. The van der Waals surface area contributed by atoms with Crippen molar-refractivity contribution in [2.75, 3.05) is 11.9 Å². The fraction of sp³-hybridized carbons (Fsp3) is 0.400. The summed E-state index contributed by atoms with van der Waals surface area (Å²) in [5.74, 6) is 0. The molecule has 0 aliphatic heterocycles. The van der Waals surface area contributed by atoms with Crippen LogP contribution in [0.25, 0.3) is 0 Å². The second-order valence-corrected chi connectivity index (χ2v) is 4.12. The van der Waals surface area contributed by atoms with Gasteiger partial charge in [0, 0.05) is 22.7 Å². The lowest BCUT2D eigenvalue weighted by molar-refractivity contribution is 0.690. The van der Waals surface area contributed by atoms with Gasteiger partial charge < -0.3 is 11.1 Å². The lowest BCUT2D eigenvalue weighted by atomic mass is 10.2. The van der Waals surface area contributed by atoms with Gasteiger partial charge in [-0.3, -0.25) is 0 Å². The minimum absolute atomic E-state index is 0.267. The number of halogens is 1. The normalized spacial score (nSPS) is 12.5. The van der Waals surface area contributed by atoms with Gasteiger partial charge in [0.25, 0.3) is 0 Å². The molecule has 3 N–H and O–H groups in total. The molecule has 0 aliphatic rings. The molecule has 1 aromatic rings. The molecule has 1 aromatic carbocycles. The number of nitrogens with one attached hydrogen (secondary N) is 1. The number of nitrogens with two attached hydrogens (primary N) is 1. The molecular formula is C10H15BrN2. The average molecular weight is 243 g/mol. The van der Waals surface area contributed by atoms with E-state index in [4.69, 9.17) is 5.73 Å². The number of rotatable bonds is 4. The smallest absolute Gasteiger partial charge is 0.0340 e. The highest BCUT2D eigenvalue weighted by molar-refractivity contribution is 9.10. The van der Waals surface area contributed by atoms with Crippen LogP contribution in [0.1, 0.15) is 13.3 Å². The first-order valence-electron chi connectivity index (χ1n) is 4.43. The Morgan fingerprint density at radius 3 is 2.54 bits per heavy atom. The molecule has 0 fully saturated rings. The molecule has 72 valence electrons. The second kappa shape index (κ2) is 5.25. The van der Waals surface area contributed by atoms with Crippen molar-refractivity contribution in [3.05, 3.63) is 28.7 Å². The van der Waals surface area contributed by atoms with E-state index >= 15 is 0 Å². The Morgan fingerprint density at radius 2 is 2.00 bits per heavy atom. The van der Waals surface area contributed by atoms with E-state index in [1.165, 1.54) is 0 Å². The summed E-state index contributed by atoms with van der Waals surface area (Å²) in [6, 6.07) is 8.40. The molecular weight excluding hydrogens is 228 g/mol. The van der Waals surface area contributed by atoms with E-state index in [1.54, 1.807) is 0 Å². The van der Waals surface area contributed by atoms with Crippen LogP contribution in [-0.4, -0.2) is 12.6 Å². The summed E-state index contributed by atoms with van der Waals surface area (Å²) in [6.07, 6.45) is 0.996. The lowest BCUT2D eigenvalue weighted by Crippen LogP contribution is -2.19. The number of hydrogen-bond acceptors (Lipinski definition) is 2. The third kappa shape index (κ3) is 4.29. The molecule has 0 radical (unpaired) electrons. The summed E-state index contributed by atoms with van der Waals surface area (Å²) in [5.41, 5.74) is 6.78. The lowest BCUT2D eigenvalue weighted by Gasteiger charge is -2.07. The minimum Gasteiger partial charge on any atom is -0.385 e. The molecule has 0 bridgehead atoms. The van der Waals surface area contributed by atoms with Crippen molar-refractivity contribution in [1.29, 1.82) is 0 Å². The zero-order valence-corrected chi connectivity index (χ0v) is 9.34. The van der Waals surface area contributed by atoms with Gasteiger partial charge in [-0.2, -0.15) is 0 Å². The van der Waals surface area contributed by atoms with Crippen LogP contribution >= 0.6 is 15.9 Å². The molecule has 1 unspecified atom stereocenters. The van der Waals surface area contributed by atoms with Gasteiger partial charge in [0.15, 0.2) is 0 Å². The van der Waals surface area contributed by atoms with Crippen molar-refractivity contribution >= 4 is 21.6 Å². The van der Waals surface area contributed by atoms with Gasteiger partial charge in [-0.05, 0) is 37.6 Å². The first-order chi connectivity index (χ1) is 6.18. The van der Waals surface area contributed by atoms with Gasteiger partial charge in [0.2, 0.25) is 0 Å². The Labute approximate surface area is 87.6 Å². The molecule has 3 heteroatoms. The molecule has 0 amide bonds. The fourth-order valence-electron chi connectivity index (χ4n) is 1.01. The Balaban J connectivity index is 2.33. The van der Waals surface area contributed by atoms with Crippen LogP contribution in [0.2, 0.25) is 0 Å². The quantitative estimate of drug-likeness (QED) is 0.852. The summed E-state index contributed by atoms with van der Waals surface area (Å²) in [7, 11) is 0. The predicted molar refractivity (Wildman–Crippen MR) is 60.9 cm³/mol. The summed E-state index contributed by atoms with van der Waals surface area (Å²) >= 11 is 3.39. The first kappa shape index (κ1) is 10.5. The summed E-state index contributed by atoms with van der Waals surface area (Å²) < 4.78 is 1.10. The van der Waals surface area contributed by atoms with E-state index in [-0.39, 0.29) is 6.04 Å². The van der Waals surface area contributed by atoms with E-state index in [2.05, 4.69) is 21.2 Å². The molecule has 13 heavy (non-hydrogen) atoms. The van der Waals surface area contributed by atoms with Gasteiger partial charge >= 0.3 is 0 Å². The van der Waals surface area contributed by atoms with Crippen LogP contribution in [0, 0.1) is 0 Å². The van der Waals surface area contributed by atoms with Gasteiger partial charge in [-0.15, -0.1) is 0 Å². The highest BCUT2D eigenvalue weighted by Crippen LogP contribution is 2.13. The van der Waals surface area contributed by atoms with Crippen molar-refractivity contribution < 1.29 is 0 Å². The summed E-state index contributed by atoms with van der Waals surface area (Å²) in [4.78, 5) is 0. The van der Waals surface area contributed by atoms with Gasteiger partial charge in [-0.25, -0.2) is 0 Å². The summed E-state index contributed by atoms with van der Waals surface area (Å²) in [5, 5.41) is 3.30. The largest absolute Gasteiger partial charge is 0.385 e. The highest BCUT2D eigenvalue weighted by atomic mass is 79.9. The van der Waals surface area contributed by atoms with E-state index in [1.807, 2.05) is 31.2 Å². The van der Waals surface area contributed by atoms with Crippen LogP contribution in [0.5, 0.6) is 0 Å². The molecule has 0 heterocycles. The fourth-order valence-corrected chi connectivity index (χ4v) is 1.28. The van der Waals surface area contributed by atoms with Crippen LogP contribution < -0.4 is 11.1 Å².